The molecule has 174 valence electrons. The first-order valence-electron chi connectivity index (χ1n) is 11.6. The zero-order valence-electron chi connectivity index (χ0n) is 19.5. The molecule has 0 radical (unpaired) electrons. The highest BCUT2D eigenvalue weighted by atomic mass is 32.2. The zero-order valence-corrected chi connectivity index (χ0v) is 20.4. The minimum Gasteiger partial charge on any atom is -0.338 e. The van der Waals surface area contributed by atoms with E-state index in [0.29, 0.717) is 12.5 Å². The Balaban J connectivity index is 1.29. The number of rotatable bonds is 9. The smallest absolute Gasteiger partial charge is 0.319 e. The first-order chi connectivity index (χ1) is 16.6. The summed E-state index contributed by atoms with van der Waals surface area (Å²) >= 11 is 1.67. The normalized spacial score (nSPS) is 10.9. The number of thioether (sulfide) groups is 1. The van der Waals surface area contributed by atoms with Crippen LogP contribution >= 0.6 is 11.8 Å². The maximum Gasteiger partial charge on any atom is 0.319 e. The second-order valence-corrected chi connectivity index (χ2v) is 9.44. The molecule has 1 aromatic heterocycles. The van der Waals surface area contributed by atoms with Crippen molar-refractivity contribution >= 4 is 23.5 Å². The number of H-pyrrole nitrogens is 1. The van der Waals surface area contributed by atoms with Gasteiger partial charge in [0, 0.05) is 29.1 Å². The molecule has 5 nitrogen and oxygen atoms in total. The molecule has 6 heteroatoms. The number of hydrogen-bond donors (Lipinski definition) is 3. The topological polar surface area (TPSA) is 69.8 Å². The molecule has 0 spiro atoms. The van der Waals surface area contributed by atoms with Crippen molar-refractivity contribution < 1.29 is 4.79 Å². The standard InChI is InChI=1S/C28H30N4OS/c1-20(2)21-14-16-24(17-15-21)30-27(33)29-18-9-19-34-28-31-25(22-10-5-3-6-11-22)26(32-28)23-12-7-4-8-13-23/h3-8,10-17,20H,9,18-19H2,1-2H3,(H,31,32)(H2,29,30,33). The lowest BCUT2D eigenvalue weighted by Gasteiger charge is -2.09. The minimum absolute atomic E-state index is 0.182. The molecular formula is C28H30N4OS. The summed E-state index contributed by atoms with van der Waals surface area (Å²) in [5.41, 5.74) is 6.23. The number of benzene rings is 3. The van der Waals surface area contributed by atoms with Crippen molar-refractivity contribution in [1.82, 2.24) is 15.3 Å². The molecule has 4 aromatic rings. The third kappa shape index (κ3) is 6.29. The molecule has 0 aliphatic heterocycles. The summed E-state index contributed by atoms with van der Waals surface area (Å²) in [6.07, 6.45) is 0.840. The molecule has 3 N–H and O–H groups in total. The Morgan fingerprint density at radius 3 is 2.21 bits per heavy atom. The number of hydrogen-bond acceptors (Lipinski definition) is 3. The fraction of sp³-hybridized carbons (Fsp3) is 0.214. The molecule has 34 heavy (non-hydrogen) atoms. The van der Waals surface area contributed by atoms with Crippen LogP contribution in [-0.2, 0) is 0 Å². The molecule has 4 rings (SSSR count). The van der Waals surface area contributed by atoms with Crippen molar-refractivity contribution in [2.24, 2.45) is 0 Å². The number of nitrogens with one attached hydrogen (secondary N) is 3. The molecule has 0 saturated carbocycles. The van der Waals surface area contributed by atoms with Gasteiger partial charge >= 0.3 is 6.03 Å². The van der Waals surface area contributed by atoms with E-state index in [4.69, 9.17) is 4.98 Å². The van der Waals surface area contributed by atoms with E-state index < -0.39 is 0 Å². The van der Waals surface area contributed by atoms with Gasteiger partial charge in [0.05, 0.1) is 11.4 Å². The molecule has 0 saturated heterocycles. The lowest BCUT2D eigenvalue weighted by Crippen LogP contribution is -2.29. The molecule has 0 bridgehead atoms. The van der Waals surface area contributed by atoms with Gasteiger partial charge in [0.2, 0.25) is 0 Å². The number of carbonyl (C=O) groups is 1. The number of imidazole rings is 1. The maximum absolute atomic E-state index is 12.2. The largest absolute Gasteiger partial charge is 0.338 e. The summed E-state index contributed by atoms with van der Waals surface area (Å²) in [7, 11) is 0. The highest BCUT2D eigenvalue weighted by molar-refractivity contribution is 7.99. The van der Waals surface area contributed by atoms with Gasteiger partial charge in [-0.15, -0.1) is 0 Å². The van der Waals surface area contributed by atoms with E-state index in [1.807, 2.05) is 60.7 Å². The zero-order chi connectivity index (χ0) is 23.8. The van der Waals surface area contributed by atoms with E-state index in [0.717, 1.165) is 45.5 Å². The predicted octanol–water partition coefficient (Wildman–Crippen LogP) is 7.17. The Hall–Kier alpha value is -3.51. The monoisotopic (exact) mass is 470 g/mol. The summed E-state index contributed by atoms with van der Waals surface area (Å²) in [5.74, 6) is 1.32. The van der Waals surface area contributed by atoms with E-state index in [1.54, 1.807) is 11.8 Å². The Morgan fingerprint density at radius 1 is 0.912 bits per heavy atom. The lowest BCUT2D eigenvalue weighted by molar-refractivity contribution is 0.252. The number of aromatic amines is 1. The number of nitrogens with zero attached hydrogens (tertiary/aromatic N) is 1. The number of carbonyl (C=O) groups excluding carboxylic acids is 1. The second-order valence-electron chi connectivity index (χ2n) is 8.36. The Kier molecular flexibility index (Phi) is 8.04. The molecule has 0 atom stereocenters. The molecular weight excluding hydrogens is 440 g/mol. The maximum atomic E-state index is 12.2. The van der Waals surface area contributed by atoms with E-state index in [9.17, 15) is 4.79 Å². The molecule has 0 unspecified atom stereocenters. The summed E-state index contributed by atoms with van der Waals surface area (Å²) < 4.78 is 0. The molecule has 0 aliphatic rings. The van der Waals surface area contributed by atoms with Gasteiger partial charge in [-0.2, -0.15) is 0 Å². The number of aromatic nitrogens is 2. The third-order valence-corrected chi connectivity index (χ3v) is 6.43. The number of urea groups is 1. The Labute approximate surface area is 205 Å². The number of amides is 2. The summed E-state index contributed by atoms with van der Waals surface area (Å²) in [6, 6.07) is 28.3. The van der Waals surface area contributed by atoms with Crippen LogP contribution in [0.5, 0.6) is 0 Å². The fourth-order valence-corrected chi connectivity index (χ4v) is 4.42. The first kappa shape index (κ1) is 23.6. The van der Waals surface area contributed by atoms with Gasteiger partial charge < -0.3 is 15.6 Å². The highest BCUT2D eigenvalue weighted by Crippen LogP contribution is 2.32. The van der Waals surface area contributed by atoms with Crippen LogP contribution in [0.3, 0.4) is 0 Å². The average Bonchev–Trinajstić information content (AvgIpc) is 3.29. The fourth-order valence-electron chi connectivity index (χ4n) is 3.61. The number of anilines is 1. The van der Waals surface area contributed by atoms with Gasteiger partial charge in [0.25, 0.3) is 0 Å². The summed E-state index contributed by atoms with van der Waals surface area (Å²) in [6.45, 7) is 4.91. The summed E-state index contributed by atoms with van der Waals surface area (Å²) in [5, 5.41) is 6.70. The van der Waals surface area contributed by atoms with Crippen LogP contribution in [0.2, 0.25) is 0 Å². The molecule has 1 heterocycles. The second kappa shape index (κ2) is 11.6. The van der Waals surface area contributed by atoms with Crippen LogP contribution in [0.25, 0.3) is 22.5 Å². The van der Waals surface area contributed by atoms with E-state index >= 15 is 0 Å². The van der Waals surface area contributed by atoms with Crippen LogP contribution in [-0.4, -0.2) is 28.3 Å². The van der Waals surface area contributed by atoms with Crippen molar-refractivity contribution in [3.05, 3.63) is 90.5 Å². The molecule has 2 amide bonds. The Morgan fingerprint density at radius 2 is 1.56 bits per heavy atom. The van der Waals surface area contributed by atoms with E-state index in [2.05, 4.69) is 53.7 Å². The van der Waals surface area contributed by atoms with Crippen molar-refractivity contribution in [3.8, 4) is 22.5 Å². The third-order valence-electron chi connectivity index (χ3n) is 5.47. The minimum atomic E-state index is -0.182. The lowest BCUT2D eigenvalue weighted by atomic mass is 10.0. The predicted molar refractivity (Wildman–Crippen MR) is 142 cm³/mol. The molecule has 0 fully saturated rings. The van der Waals surface area contributed by atoms with E-state index in [-0.39, 0.29) is 6.03 Å². The van der Waals surface area contributed by atoms with Gasteiger partial charge in [-0.1, -0.05) is 98.4 Å². The summed E-state index contributed by atoms with van der Waals surface area (Å²) in [4.78, 5) is 20.5. The van der Waals surface area contributed by atoms with E-state index in [1.165, 1.54) is 5.56 Å². The van der Waals surface area contributed by atoms with Crippen molar-refractivity contribution in [3.63, 3.8) is 0 Å². The van der Waals surface area contributed by atoms with Crippen molar-refractivity contribution in [1.29, 1.82) is 0 Å². The van der Waals surface area contributed by atoms with Crippen LogP contribution in [0.15, 0.2) is 90.1 Å². The van der Waals surface area contributed by atoms with Crippen LogP contribution < -0.4 is 10.6 Å². The highest BCUT2D eigenvalue weighted by Gasteiger charge is 2.14. The SMILES string of the molecule is CC(C)c1ccc(NC(=O)NCCCSc2nc(-c3ccccc3)c(-c3ccccc3)[nH]2)cc1. The average molecular weight is 471 g/mol. The van der Waals surface area contributed by atoms with Gasteiger partial charge in [-0.05, 0) is 30.0 Å². The van der Waals surface area contributed by atoms with Crippen LogP contribution in [0.1, 0.15) is 31.7 Å². The van der Waals surface area contributed by atoms with Crippen LogP contribution in [0.4, 0.5) is 10.5 Å². The first-order valence-corrected chi connectivity index (χ1v) is 12.6. The molecule has 3 aromatic carbocycles. The van der Waals surface area contributed by atoms with Gasteiger partial charge in [0.1, 0.15) is 0 Å². The quantitative estimate of drug-likeness (QED) is 0.179. The van der Waals surface area contributed by atoms with Crippen molar-refractivity contribution in [2.45, 2.75) is 31.3 Å². The van der Waals surface area contributed by atoms with Gasteiger partial charge in [0.15, 0.2) is 5.16 Å². The van der Waals surface area contributed by atoms with Gasteiger partial charge in [-0.3, -0.25) is 0 Å². The Bertz CT molecular complexity index is 1130. The van der Waals surface area contributed by atoms with Crippen molar-refractivity contribution in [2.75, 3.05) is 17.6 Å². The van der Waals surface area contributed by atoms with Crippen LogP contribution in [0, 0.1) is 0 Å². The molecule has 0 aliphatic carbocycles. The van der Waals surface area contributed by atoms with Gasteiger partial charge in [-0.25, -0.2) is 9.78 Å².